The van der Waals surface area contributed by atoms with Gasteiger partial charge >= 0.3 is 0 Å². The highest BCUT2D eigenvalue weighted by atomic mass is 16.5. The Morgan fingerprint density at radius 2 is 1.76 bits per heavy atom. The molecular formula is C22H20N4O3. The van der Waals surface area contributed by atoms with Crippen molar-refractivity contribution in [2.24, 2.45) is 0 Å². The first kappa shape index (κ1) is 19.6. The molecule has 0 atom stereocenters. The molecule has 2 amide bonds. The van der Waals surface area contributed by atoms with E-state index in [9.17, 15) is 9.59 Å². The molecule has 7 heteroatoms. The predicted octanol–water partition coefficient (Wildman–Crippen LogP) is 3.58. The summed E-state index contributed by atoms with van der Waals surface area (Å²) in [6, 6.07) is 17.2. The normalized spacial score (nSPS) is 10.5. The van der Waals surface area contributed by atoms with Gasteiger partial charge < -0.3 is 21.1 Å². The number of anilines is 3. The Balaban J connectivity index is 1.57. The largest absolute Gasteiger partial charge is 0.497 e. The molecule has 1 heterocycles. The van der Waals surface area contributed by atoms with Crippen molar-refractivity contribution < 1.29 is 14.3 Å². The van der Waals surface area contributed by atoms with Gasteiger partial charge in [0.15, 0.2) is 0 Å². The maximum absolute atomic E-state index is 12.2. The predicted molar refractivity (Wildman–Crippen MR) is 114 cm³/mol. The molecule has 29 heavy (non-hydrogen) atoms. The van der Waals surface area contributed by atoms with Crippen molar-refractivity contribution >= 4 is 35.1 Å². The number of carbonyl (C=O) groups is 2. The zero-order valence-electron chi connectivity index (χ0n) is 15.8. The summed E-state index contributed by atoms with van der Waals surface area (Å²) in [5, 5.41) is 5.43. The van der Waals surface area contributed by atoms with E-state index in [1.165, 1.54) is 6.08 Å². The van der Waals surface area contributed by atoms with Gasteiger partial charge in [0.1, 0.15) is 11.6 Å². The molecule has 0 saturated carbocycles. The van der Waals surface area contributed by atoms with Crippen LogP contribution in [0, 0.1) is 0 Å². The number of nitrogen functional groups attached to an aromatic ring is 1. The van der Waals surface area contributed by atoms with Gasteiger partial charge in [-0.3, -0.25) is 9.59 Å². The average molecular weight is 388 g/mol. The molecule has 0 aliphatic carbocycles. The number of methoxy groups -OCH3 is 1. The van der Waals surface area contributed by atoms with Crippen molar-refractivity contribution in [3.63, 3.8) is 0 Å². The second-order valence-electron chi connectivity index (χ2n) is 6.07. The molecule has 0 spiro atoms. The van der Waals surface area contributed by atoms with Crippen LogP contribution in [-0.2, 0) is 4.79 Å². The summed E-state index contributed by atoms with van der Waals surface area (Å²) in [5.74, 6) is 0.502. The van der Waals surface area contributed by atoms with Crippen LogP contribution < -0.4 is 21.1 Å². The number of pyridine rings is 1. The van der Waals surface area contributed by atoms with E-state index in [4.69, 9.17) is 10.5 Å². The lowest BCUT2D eigenvalue weighted by atomic mass is 10.2. The molecular weight excluding hydrogens is 368 g/mol. The topological polar surface area (TPSA) is 106 Å². The number of nitrogens with zero attached hydrogens (tertiary/aromatic N) is 1. The molecule has 3 aromatic rings. The number of carbonyl (C=O) groups excluding carboxylic acids is 2. The minimum Gasteiger partial charge on any atom is -0.497 e. The molecule has 0 fully saturated rings. The number of aromatic nitrogens is 1. The highest BCUT2D eigenvalue weighted by Gasteiger charge is 2.07. The summed E-state index contributed by atoms with van der Waals surface area (Å²) < 4.78 is 5.07. The molecule has 7 nitrogen and oxygen atoms in total. The average Bonchev–Trinajstić information content (AvgIpc) is 2.75. The summed E-state index contributed by atoms with van der Waals surface area (Å²) in [6.45, 7) is 0. The molecule has 146 valence electrons. The Bertz CT molecular complexity index is 1030. The minimum absolute atomic E-state index is 0.275. The highest BCUT2D eigenvalue weighted by molar-refractivity contribution is 6.04. The first-order valence-electron chi connectivity index (χ1n) is 8.80. The van der Waals surface area contributed by atoms with Gasteiger partial charge in [-0.1, -0.05) is 12.1 Å². The van der Waals surface area contributed by atoms with Gasteiger partial charge in [0, 0.05) is 17.8 Å². The second kappa shape index (κ2) is 9.18. The van der Waals surface area contributed by atoms with E-state index in [2.05, 4.69) is 15.6 Å². The van der Waals surface area contributed by atoms with Crippen molar-refractivity contribution in [3.05, 3.63) is 84.1 Å². The quantitative estimate of drug-likeness (QED) is 0.442. The fraction of sp³-hybridized carbons (Fsp3) is 0.0455. The van der Waals surface area contributed by atoms with Gasteiger partial charge in [0.25, 0.3) is 5.91 Å². The van der Waals surface area contributed by atoms with Gasteiger partial charge in [-0.05, 0) is 60.2 Å². The first-order valence-corrected chi connectivity index (χ1v) is 8.80. The maximum atomic E-state index is 12.2. The molecule has 2 aromatic carbocycles. The number of nitrogens with one attached hydrogen (secondary N) is 2. The fourth-order valence-electron chi connectivity index (χ4n) is 2.47. The zero-order valence-corrected chi connectivity index (χ0v) is 15.8. The number of hydrogen-bond donors (Lipinski definition) is 3. The van der Waals surface area contributed by atoms with Crippen LogP contribution in [0.15, 0.2) is 72.9 Å². The van der Waals surface area contributed by atoms with Gasteiger partial charge in [0.2, 0.25) is 5.91 Å². The standard InChI is InChI=1S/C22H20N4O3/c1-29-17-10-8-16(9-11-17)22(28)26-20-12-6-15(14-24-20)7-13-21(27)25-19-5-3-2-4-18(19)23/h2-14H,23H2,1H3,(H,25,27)(H,24,26,28). The van der Waals surface area contributed by atoms with Crippen LogP contribution in [0.5, 0.6) is 5.75 Å². The summed E-state index contributed by atoms with van der Waals surface area (Å²) in [7, 11) is 1.57. The van der Waals surface area contributed by atoms with Crippen molar-refractivity contribution in [3.8, 4) is 5.75 Å². The van der Waals surface area contributed by atoms with Gasteiger partial charge in [-0.25, -0.2) is 4.98 Å². The Hall–Kier alpha value is -4.13. The number of ether oxygens (including phenoxy) is 1. The molecule has 0 aliphatic rings. The van der Waals surface area contributed by atoms with E-state index in [1.54, 1.807) is 80.0 Å². The van der Waals surface area contributed by atoms with E-state index >= 15 is 0 Å². The molecule has 0 saturated heterocycles. The third-order valence-electron chi connectivity index (χ3n) is 4.03. The zero-order chi connectivity index (χ0) is 20.6. The maximum Gasteiger partial charge on any atom is 0.256 e. The fourth-order valence-corrected chi connectivity index (χ4v) is 2.47. The summed E-state index contributed by atoms with van der Waals surface area (Å²) in [5.41, 5.74) is 8.05. The lowest BCUT2D eigenvalue weighted by Gasteiger charge is -2.06. The lowest BCUT2D eigenvalue weighted by Crippen LogP contribution is -2.12. The summed E-state index contributed by atoms with van der Waals surface area (Å²) in [4.78, 5) is 28.5. The van der Waals surface area contributed by atoms with Crippen molar-refractivity contribution in [1.82, 2.24) is 4.98 Å². The SMILES string of the molecule is COc1ccc(C(=O)Nc2ccc(C=CC(=O)Nc3ccccc3N)cn2)cc1. The molecule has 0 bridgehead atoms. The minimum atomic E-state index is -0.306. The van der Waals surface area contributed by atoms with E-state index in [-0.39, 0.29) is 11.8 Å². The smallest absolute Gasteiger partial charge is 0.256 e. The van der Waals surface area contributed by atoms with Crippen molar-refractivity contribution in [1.29, 1.82) is 0 Å². The third kappa shape index (κ3) is 5.43. The van der Waals surface area contributed by atoms with Gasteiger partial charge in [-0.2, -0.15) is 0 Å². The molecule has 1 aromatic heterocycles. The van der Waals surface area contributed by atoms with Crippen LogP contribution in [0.25, 0.3) is 6.08 Å². The monoisotopic (exact) mass is 388 g/mol. The summed E-state index contributed by atoms with van der Waals surface area (Å²) in [6.07, 6.45) is 4.57. The first-order chi connectivity index (χ1) is 14.0. The Morgan fingerprint density at radius 3 is 2.41 bits per heavy atom. The van der Waals surface area contributed by atoms with Gasteiger partial charge in [0.05, 0.1) is 18.5 Å². The number of benzene rings is 2. The Morgan fingerprint density at radius 1 is 1.00 bits per heavy atom. The van der Waals surface area contributed by atoms with E-state index in [0.717, 1.165) is 0 Å². The van der Waals surface area contributed by atoms with Crippen LogP contribution >= 0.6 is 0 Å². The number of rotatable bonds is 6. The van der Waals surface area contributed by atoms with E-state index < -0.39 is 0 Å². The molecule has 0 unspecified atom stereocenters. The van der Waals surface area contributed by atoms with Crippen LogP contribution in [-0.4, -0.2) is 23.9 Å². The summed E-state index contributed by atoms with van der Waals surface area (Å²) >= 11 is 0. The van der Waals surface area contributed by atoms with Gasteiger partial charge in [-0.15, -0.1) is 0 Å². The number of nitrogens with two attached hydrogens (primary N) is 1. The van der Waals surface area contributed by atoms with Crippen LogP contribution in [0.4, 0.5) is 17.2 Å². The number of amides is 2. The Kier molecular flexibility index (Phi) is 6.22. The van der Waals surface area contributed by atoms with E-state index in [0.29, 0.717) is 34.1 Å². The van der Waals surface area contributed by atoms with E-state index in [1.807, 2.05) is 0 Å². The third-order valence-corrected chi connectivity index (χ3v) is 4.03. The second-order valence-corrected chi connectivity index (χ2v) is 6.07. The van der Waals surface area contributed by atoms with Crippen LogP contribution in [0.2, 0.25) is 0 Å². The van der Waals surface area contributed by atoms with Crippen molar-refractivity contribution in [2.75, 3.05) is 23.5 Å². The molecule has 0 radical (unpaired) electrons. The lowest BCUT2D eigenvalue weighted by molar-refractivity contribution is -0.111. The molecule has 0 aliphatic heterocycles. The highest BCUT2D eigenvalue weighted by Crippen LogP contribution is 2.17. The van der Waals surface area contributed by atoms with Crippen molar-refractivity contribution in [2.45, 2.75) is 0 Å². The van der Waals surface area contributed by atoms with Crippen LogP contribution in [0.3, 0.4) is 0 Å². The molecule has 3 rings (SSSR count). The number of hydrogen-bond acceptors (Lipinski definition) is 5. The Labute approximate surface area is 168 Å². The number of para-hydroxylation sites is 2. The molecule has 4 N–H and O–H groups in total. The van der Waals surface area contributed by atoms with Crippen LogP contribution in [0.1, 0.15) is 15.9 Å².